The second kappa shape index (κ2) is 6.68. The van der Waals surface area contributed by atoms with Gasteiger partial charge in [0, 0.05) is 12.2 Å². The molecule has 0 aliphatic carbocycles. The molecule has 0 aromatic carbocycles. The van der Waals surface area contributed by atoms with Crippen LogP contribution in [0.5, 0.6) is 0 Å². The van der Waals surface area contributed by atoms with Gasteiger partial charge in [-0.05, 0) is 0 Å². The molecule has 6 heteroatoms. The van der Waals surface area contributed by atoms with E-state index in [0.29, 0.717) is 0 Å². The number of hydrogen-bond acceptors (Lipinski definition) is 5. The fraction of sp³-hybridized carbons (Fsp3) is 0. The van der Waals surface area contributed by atoms with Gasteiger partial charge in [-0.25, -0.2) is 9.59 Å². The van der Waals surface area contributed by atoms with E-state index in [0.717, 1.165) is 12.2 Å². The molecule has 0 radical (unpaired) electrons. The van der Waals surface area contributed by atoms with E-state index in [2.05, 4.69) is 4.74 Å². The van der Waals surface area contributed by atoms with Crippen LogP contribution in [0.4, 0.5) is 0 Å². The average molecular weight is 156 g/mol. The minimum atomic E-state index is -0.579. The first-order valence-electron chi connectivity index (χ1n) is 1.73. The Morgan fingerprint density at radius 3 is 1.40 bits per heavy atom. The SMILES string of the molecule is O=C1C=CC(=O)O1.[Mg+2].[OH-].[OH-]. The Kier molecular flexibility index (Phi) is 10.9. The van der Waals surface area contributed by atoms with Gasteiger partial charge in [0.2, 0.25) is 0 Å². The molecule has 0 saturated carbocycles. The summed E-state index contributed by atoms with van der Waals surface area (Å²) >= 11 is 0. The van der Waals surface area contributed by atoms with Gasteiger partial charge in [-0.3, -0.25) is 0 Å². The van der Waals surface area contributed by atoms with Crippen molar-refractivity contribution < 1.29 is 25.3 Å². The zero-order chi connectivity index (χ0) is 5.28. The summed E-state index contributed by atoms with van der Waals surface area (Å²) in [6.45, 7) is 0. The Hall–Kier alpha value is -0.434. The van der Waals surface area contributed by atoms with Crippen LogP contribution in [-0.2, 0) is 14.3 Å². The number of carbonyl (C=O) groups excluding carboxylic acids is 2. The van der Waals surface area contributed by atoms with Crippen LogP contribution in [0.15, 0.2) is 12.2 Å². The summed E-state index contributed by atoms with van der Waals surface area (Å²) in [4.78, 5) is 19.8. The number of ether oxygens (including phenoxy) is 1. The molecule has 5 nitrogen and oxygen atoms in total. The van der Waals surface area contributed by atoms with E-state index >= 15 is 0 Å². The zero-order valence-corrected chi connectivity index (χ0v) is 6.40. The fourth-order valence-electron chi connectivity index (χ4n) is 0.303. The van der Waals surface area contributed by atoms with Crippen LogP contribution in [0.1, 0.15) is 0 Å². The molecular formula is C4H4MgO5. The van der Waals surface area contributed by atoms with Crippen LogP contribution < -0.4 is 0 Å². The Labute approximate surface area is 72.8 Å². The van der Waals surface area contributed by atoms with E-state index in [-0.39, 0.29) is 34.0 Å². The molecule has 0 spiro atoms. The van der Waals surface area contributed by atoms with E-state index in [1.807, 2.05) is 0 Å². The molecule has 10 heavy (non-hydrogen) atoms. The molecule has 0 atom stereocenters. The van der Waals surface area contributed by atoms with Crippen LogP contribution in [0.3, 0.4) is 0 Å². The van der Waals surface area contributed by atoms with Crippen LogP contribution >= 0.6 is 0 Å². The smallest absolute Gasteiger partial charge is 0.870 e. The summed E-state index contributed by atoms with van der Waals surface area (Å²) in [5.41, 5.74) is 0. The largest absolute Gasteiger partial charge is 2.00 e. The molecule has 2 N–H and O–H groups in total. The number of rotatable bonds is 0. The maximum Gasteiger partial charge on any atom is 2.00 e. The summed E-state index contributed by atoms with van der Waals surface area (Å²) in [5, 5.41) is 0. The first kappa shape index (κ1) is 16.3. The second-order valence-electron chi connectivity index (χ2n) is 1.07. The molecule has 0 fully saturated rings. The fourth-order valence-corrected chi connectivity index (χ4v) is 0.303. The van der Waals surface area contributed by atoms with Crippen LogP contribution in [0.25, 0.3) is 0 Å². The molecule has 1 aliphatic heterocycles. The average Bonchev–Trinajstić information content (AvgIpc) is 1.87. The Morgan fingerprint density at radius 2 is 1.30 bits per heavy atom. The van der Waals surface area contributed by atoms with Gasteiger partial charge in [0.15, 0.2) is 0 Å². The van der Waals surface area contributed by atoms with Crippen LogP contribution in [0.2, 0.25) is 0 Å². The second-order valence-corrected chi connectivity index (χ2v) is 1.07. The summed E-state index contributed by atoms with van der Waals surface area (Å²) in [7, 11) is 0. The van der Waals surface area contributed by atoms with Crippen molar-refractivity contribution in [1.29, 1.82) is 0 Å². The van der Waals surface area contributed by atoms with Crippen molar-refractivity contribution in [1.82, 2.24) is 0 Å². The molecule has 52 valence electrons. The van der Waals surface area contributed by atoms with Gasteiger partial charge < -0.3 is 15.7 Å². The van der Waals surface area contributed by atoms with E-state index in [1.165, 1.54) is 0 Å². The minimum absolute atomic E-state index is 0. The van der Waals surface area contributed by atoms with Crippen molar-refractivity contribution in [2.24, 2.45) is 0 Å². The molecule has 1 heterocycles. The molecule has 0 aromatic rings. The molecule has 0 unspecified atom stereocenters. The number of esters is 2. The van der Waals surface area contributed by atoms with E-state index in [9.17, 15) is 9.59 Å². The molecule has 1 aliphatic rings. The quantitative estimate of drug-likeness (QED) is 0.251. The monoisotopic (exact) mass is 156 g/mol. The van der Waals surface area contributed by atoms with Gasteiger partial charge in [0.25, 0.3) is 0 Å². The maximum atomic E-state index is 9.92. The van der Waals surface area contributed by atoms with Crippen molar-refractivity contribution in [2.75, 3.05) is 0 Å². The summed E-state index contributed by atoms with van der Waals surface area (Å²) in [5.74, 6) is -1.16. The molecule has 0 amide bonds. The number of carbonyl (C=O) groups is 2. The summed E-state index contributed by atoms with van der Waals surface area (Å²) < 4.78 is 3.97. The van der Waals surface area contributed by atoms with E-state index in [4.69, 9.17) is 0 Å². The van der Waals surface area contributed by atoms with Crippen molar-refractivity contribution in [2.45, 2.75) is 0 Å². The maximum absolute atomic E-state index is 9.92. The van der Waals surface area contributed by atoms with Crippen molar-refractivity contribution in [3.8, 4) is 0 Å². The zero-order valence-electron chi connectivity index (χ0n) is 4.98. The van der Waals surface area contributed by atoms with Gasteiger partial charge in [-0.2, -0.15) is 0 Å². The predicted octanol–water partition coefficient (Wildman–Crippen LogP) is -1.11. The summed E-state index contributed by atoms with van der Waals surface area (Å²) in [6, 6.07) is 0. The van der Waals surface area contributed by atoms with Gasteiger partial charge in [-0.1, -0.05) is 0 Å². The molecule has 0 bridgehead atoms. The van der Waals surface area contributed by atoms with Crippen LogP contribution in [-0.4, -0.2) is 45.9 Å². The number of hydrogen-bond donors (Lipinski definition) is 0. The van der Waals surface area contributed by atoms with Gasteiger partial charge in [0.05, 0.1) is 0 Å². The normalized spacial score (nSPS) is 12.4. The van der Waals surface area contributed by atoms with Crippen molar-refractivity contribution >= 4 is 35.0 Å². The third-order valence-corrected chi connectivity index (χ3v) is 0.557. The Balaban J connectivity index is -0.000000163. The van der Waals surface area contributed by atoms with E-state index in [1.54, 1.807) is 0 Å². The van der Waals surface area contributed by atoms with Crippen LogP contribution in [0, 0.1) is 0 Å². The molecular weight excluding hydrogens is 152 g/mol. The predicted molar refractivity (Wildman–Crippen MR) is 29.9 cm³/mol. The Bertz CT molecular complexity index is 136. The molecule has 1 rings (SSSR count). The standard InChI is InChI=1S/C4H2O3.Mg.2H2O/c5-3-1-2-4(6)7-3;;;/h1-2H;;2*1H2/q;+2;;/p-2. The van der Waals surface area contributed by atoms with Gasteiger partial charge in [0.1, 0.15) is 0 Å². The molecule has 0 saturated heterocycles. The van der Waals surface area contributed by atoms with Gasteiger partial charge in [-0.15, -0.1) is 0 Å². The third kappa shape index (κ3) is 4.45. The number of cyclic esters (lactones) is 2. The topological polar surface area (TPSA) is 103 Å². The van der Waals surface area contributed by atoms with Gasteiger partial charge >= 0.3 is 35.0 Å². The van der Waals surface area contributed by atoms with Crippen molar-refractivity contribution in [3.05, 3.63) is 12.2 Å². The molecule has 0 aromatic heterocycles. The first-order chi connectivity index (χ1) is 3.29. The first-order valence-corrected chi connectivity index (χ1v) is 1.73. The minimum Gasteiger partial charge on any atom is -0.870 e. The van der Waals surface area contributed by atoms with Crippen molar-refractivity contribution in [3.63, 3.8) is 0 Å². The Morgan fingerprint density at radius 1 is 1.00 bits per heavy atom. The third-order valence-electron chi connectivity index (χ3n) is 0.557. The van der Waals surface area contributed by atoms with E-state index < -0.39 is 11.9 Å². The summed E-state index contributed by atoms with van der Waals surface area (Å²) in [6.07, 6.45) is 2.17.